The van der Waals surface area contributed by atoms with Crippen LogP contribution in [0, 0.1) is 6.92 Å². The minimum absolute atomic E-state index is 0.0142. The quantitative estimate of drug-likeness (QED) is 0.766. The number of carbonyl (C=O) groups excluding carboxylic acids is 2. The number of ether oxygens (including phenoxy) is 1. The normalized spacial score (nSPS) is 11.8. The fourth-order valence-corrected chi connectivity index (χ4v) is 2.64. The van der Waals surface area contributed by atoms with E-state index in [0.29, 0.717) is 18.1 Å². The highest BCUT2D eigenvalue weighted by atomic mass is 32.2. The molecular formula is C15H22N2O3S. The highest BCUT2D eigenvalue weighted by Gasteiger charge is 2.16. The molecule has 0 fully saturated rings. The number of benzene rings is 1. The molecule has 0 radical (unpaired) electrons. The molecule has 0 aromatic heterocycles. The third-order valence-electron chi connectivity index (χ3n) is 3.12. The van der Waals surface area contributed by atoms with Gasteiger partial charge >= 0.3 is 5.97 Å². The molecule has 21 heavy (non-hydrogen) atoms. The molecule has 0 aliphatic carbocycles. The van der Waals surface area contributed by atoms with Gasteiger partial charge in [-0.2, -0.15) is 0 Å². The second-order valence-corrected chi connectivity index (χ2v) is 5.85. The smallest absolute Gasteiger partial charge is 0.323 e. The molecule has 0 saturated carbocycles. The van der Waals surface area contributed by atoms with Crippen LogP contribution in [0.5, 0.6) is 0 Å². The number of nitrogens with two attached hydrogens (primary N) is 1. The third-order valence-corrected chi connectivity index (χ3v) is 4.17. The molecular weight excluding hydrogens is 288 g/mol. The average molecular weight is 310 g/mol. The van der Waals surface area contributed by atoms with E-state index in [1.54, 1.807) is 11.9 Å². The van der Waals surface area contributed by atoms with Gasteiger partial charge in [-0.15, -0.1) is 11.8 Å². The van der Waals surface area contributed by atoms with Crippen LogP contribution in [0.3, 0.4) is 0 Å². The van der Waals surface area contributed by atoms with Crippen LogP contribution in [0.4, 0.5) is 0 Å². The van der Waals surface area contributed by atoms with Crippen LogP contribution in [0.15, 0.2) is 24.3 Å². The van der Waals surface area contributed by atoms with Crippen LogP contribution in [0.1, 0.15) is 11.1 Å². The molecule has 1 unspecified atom stereocenters. The molecule has 1 amide bonds. The van der Waals surface area contributed by atoms with Gasteiger partial charge in [0, 0.05) is 19.3 Å². The SMILES string of the molecule is COC(=O)C(N)CSCC(=O)N(C)Cc1ccccc1C. The van der Waals surface area contributed by atoms with Gasteiger partial charge in [-0.05, 0) is 18.1 Å². The van der Waals surface area contributed by atoms with E-state index < -0.39 is 12.0 Å². The lowest BCUT2D eigenvalue weighted by Gasteiger charge is -2.18. The van der Waals surface area contributed by atoms with Crippen molar-refractivity contribution in [3.8, 4) is 0 Å². The summed E-state index contributed by atoms with van der Waals surface area (Å²) >= 11 is 1.34. The lowest BCUT2D eigenvalue weighted by atomic mass is 10.1. The molecule has 0 aliphatic rings. The lowest BCUT2D eigenvalue weighted by Crippen LogP contribution is -2.35. The number of hydrogen-bond acceptors (Lipinski definition) is 5. The van der Waals surface area contributed by atoms with E-state index in [4.69, 9.17) is 5.73 Å². The summed E-state index contributed by atoms with van der Waals surface area (Å²) in [5.74, 6) is 0.229. The van der Waals surface area contributed by atoms with Crippen LogP contribution in [-0.2, 0) is 20.9 Å². The van der Waals surface area contributed by atoms with Crippen LogP contribution in [0.25, 0.3) is 0 Å². The first-order valence-corrected chi connectivity index (χ1v) is 7.80. The van der Waals surface area contributed by atoms with E-state index in [1.807, 2.05) is 31.2 Å². The fraction of sp³-hybridized carbons (Fsp3) is 0.467. The number of thioether (sulfide) groups is 1. The van der Waals surface area contributed by atoms with E-state index in [1.165, 1.54) is 18.9 Å². The molecule has 1 aromatic carbocycles. The Kier molecular flexibility index (Phi) is 7.25. The van der Waals surface area contributed by atoms with Gasteiger partial charge in [0.25, 0.3) is 0 Å². The largest absolute Gasteiger partial charge is 0.468 e. The van der Waals surface area contributed by atoms with Gasteiger partial charge in [0.1, 0.15) is 6.04 Å². The highest BCUT2D eigenvalue weighted by Crippen LogP contribution is 2.11. The number of esters is 1. The molecule has 116 valence electrons. The van der Waals surface area contributed by atoms with Crippen molar-refractivity contribution in [1.29, 1.82) is 0 Å². The highest BCUT2D eigenvalue weighted by molar-refractivity contribution is 8.00. The Hall–Kier alpha value is -1.53. The molecule has 0 spiro atoms. The maximum absolute atomic E-state index is 12.0. The second-order valence-electron chi connectivity index (χ2n) is 4.82. The van der Waals surface area contributed by atoms with Crippen molar-refractivity contribution in [2.45, 2.75) is 19.5 Å². The van der Waals surface area contributed by atoms with E-state index >= 15 is 0 Å². The van der Waals surface area contributed by atoms with Crippen molar-refractivity contribution in [1.82, 2.24) is 4.90 Å². The first-order valence-electron chi connectivity index (χ1n) is 6.65. The number of hydrogen-bond donors (Lipinski definition) is 1. The maximum Gasteiger partial charge on any atom is 0.323 e. The molecule has 6 heteroatoms. The number of methoxy groups -OCH3 is 1. The van der Waals surface area contributed by atoms with Gasteiger partial charge in [0.2, 0.25) is 5.91 Å². The molecule has 0 heterocycles. The van der Waals surface area contributed by atoms with Gasteiger partial charge in [0.05, 0.1) is 12.9 Å². The van der Waals surface area contributed by atoms with Crippen molar-refractivity contribution >= 4 is 23.6 Å². The van der Waals surface area contributed by atoms with Crippen molar-refractivity contribution in [2.24, 2.45) is 5.73 Å². The zero-order valence-corrected chi connectivity index (χ0v) is 13.5. The summed E-state index contributed by atoms with van der Waals surface area (Å²) in [4.78, 5) is 24.9. The Morgan fingerprint density at radius 3 is 2.67 bits per heavy atom. The van der Waals surface area contributed by atoms with Gasteiger partial charge in [0.15, 0.2) is 0 Å². The number of aryl methyl sites for hydroxylation is 1. The first kappa shape index (κ1) is 17.5. The van der Waals surface area contributed by atoms with Crippen molar-refractivity contribution in [2.75, 3.05) is 25.7 Å². The fourth-order valence-electron chi connectivity index (χ4n) is 1.73. The predicted octanol–water partition coefficient (Wildman–Crippen LogP) is 1.19. The van der Waals surface area contributed by atoms with Crippen molar-refractivity contribution < 1.29 is 14.3 Å². The van der Waals surface area contributed by atoms with E-state index in [9.17, 15) is 9.59 Å². The molecule has 1 atom stereocenters. The predicted molar refractivity (Wildman–Crippen MR) is 85.0 cm³/mol. The minimum Gasteiger partial charge on any atom is -0.468 e. The van der Waals surface area contributed by atoms with Crippen molar-refractivity contribution in [3.63, 3.8) is 0 Å². The van der Waals surface area contributed by atoms with E-state index in [-0.39, 0.29) is 5.91 Å². The topological polar surface area (TPSA) is 72.6 Å². The molecule has 5 nitrogen and oxygen atoms in total. The Balaban J connectivity index is 2.38. The molecule has 0 bridgehead atoms. The van der Waals surface area contributed by atoms with Gasteiger partial charge < -0.3 is 15.4 Å². The van der Waals surface area contributed by atoms with Gasteiger partial charge in [-0.25, -0.2) is 0 Å². The van der Waals surface area contributed by atoms with E-state index in [2.05, 4.69) is 4.74 Å². The van der Waals surface area contributed by atoms with Crippen LogP contribution >= 0.6 is 11.8 Å². The molecule has 1 rings (SSSR count). The summed E-state index contributed by atoms with van der Waals surface area (Å²) < 4.78 is 4.54. The number of rotatable bonds is 7. The van der Waals surface area contributed by atoms with Gasteiger partial charge in [-0.3, -0.25) is 9.59 Å². The Morgan fingerprint density at radius 1 is 1.38 bits per heavy atom. The summed E-state index contributed by atoms with van der Waals surface area (Å²) in [5.41, 5.74) is 7.91. The second kappa shape index (κ2) is 8.69. The Morgan fingerprint density at radius 2 is 2.05 bits per heavy atom. The van der Waals surface area contributed by atoms with Gasteiger partial charge in [-0.1, -0.05) is 24.3 Å². The number of nitrogens with zero attached hydrogens (tertiary/aromatic N) is 1. The zero-order valence-electron chi connectivity index (χ0n) is 12.7. The van der Waals surface area contributed by atoms with E-state index in [0.717, 1.165) is 11.1 Å². The molecule has 1 aromatic rings. The summed E-state index contributed by atoms with van der Waals surface area (Å²) in [7, 11) is 3.07. The van der Waals surface area contributed by atoms with Crippen LogP contribution in [-0.4, -0.2) is 48.5 Å². The lowest BCUT2D eigenvalue weighted by molar-refractivity contribution is -0.141. The summed E-state index contributed by atoms with van der Waals surface area (Å²) in [6, 6.07) is 7.29. The molecule has 0 saturated heterocycles. The molecule has 2 N–H and O–H groups in total. The summed E-state index contributed by atoms with van der Waals surface area (Å²) in [5, 5.41) is 0. The minimum atomic E-state index is -0.686. The van der Waals surface area contributed by atoms with Crippen molar-refractivity contribution in [3.05, 3.63) is 35.4 Å². The summed E-state index contributed by atoms with van der Waals surface area (Å²) in [6.07, 6.45) is 0. The van der Waals surface area contributed by atoms with Crippen LogP contribution in [0.2, 0.25) is 0 Å². The molecule has 0 aliphatic heterocycles. The Labute approximate surface area is 129 Å². The maximum atomic E-state index is 12.0. The first-order chi connectivity index (χ1) is 9.95. The number of carbonyl (C=O) groups is 2. The zero-order chi connectivity index (χ0) is 15.8. The third kappa shape index (κ3) is 5.77. The summed E-state index contributed by atoms with van der Waals surface area (Å²) in [6.45, 7) is 2.60. The standard InChI is InChI=1S/C15H22N2O3S/c1-11-6-4-5-7-12(11)8-17(2)14(18)10-21-9-13(16)15(19)20-3/h4-7,13H,8-10,16H2,1-3H3. The Bertz CT molecular complexity index is 494. The average Bonchev–Trinajstić information content (AvgIpc) is 2.48. The van der Waals surface area contributed by atoms with Crippen LogP contribution < -0.4 is 5.73 Å². The monoisotopic (exact) mass is 310 g/mol. The number of amides is 1.